The highest BCUT2D eigenvalue weighted by molar-refractivity contribution is 4.76. The third-order valence-corrected chi connectivity index (χ3v) is 5.00. The SMILES string of the molecule is CCCC1CCCN(CCN2CCC(N)CC2)CC1. The summed E-state index contributed by atoms with van der Waals surface area (Å²) in [5, 5.41) is 0. The Morgan fingerprint density at radius 3 is 2.21 bits per heavy atom. The Hall–Kier alpha value is -0.120. The number of rotatable bonds is 5. The van der Waals surface area contributed by atoms with Crippen molar-refractivity contribution in [2.45, 2.75) is 57.9 Å². The van der Waals surface area contributed by atoms with Crippen molar-refractivity contribution >= 4 is 0 Å². The average Bonchev–Trinajstić information content (AvgIpc) is 2.64. The van der Waals surface area contributed by atoms with Gasteiger partial charge < -0.3 is 15.5 Å². The molecule has 2 N–H and O–H groups in total. The molecule has 0 amide bonds. The highest BCUT2D eigenvalue weighted by Crippen LogP contribution is 2.21. The van der Waals surface area contributed by atoms with Crippen molar-refractivity contribution in [1.29, 1.82) is 0 Å². The summed E-state index contributed by atoms with van der Waals surface area (Å²) in [5.74, 6) is 1.00. The van der Waals surface area contributed by atoms with E-state index in [-0.39, 0.29) is 0 Å². The summed E-state index contributed by atoms with van der Waals surface area (Å²) in [7, 11) is 0. The Bertz CT molecular complexity index is 236. The minimum atomic E-state index is 0.462. The van der Waals surface area contributed by atoms with Crippen LogP contribution in [-0.2, 0) is 0 Å². The fourth-order valence-corrected chi connectivity index (χ4v) is 3.60. The lowest BCUT2D eigenvalue weighted by atomic mass is 9.96. The van der Waals surface area contributed by atoms with Gasteiger partial charge in [0.25, 0.3) is 0 Å². The molecule has 3 heteroatoms. The standard InChI is InChI=1S/C16H33N3/c1-2-4-15-5-3-9-18(10-6-15)13-14-19-11-7-16(17)8-12-19/h15-16H,2-14,17H2,1H3. The molecule has 1 atom stereocenters. The number of hydrogen-bond acceptors (Lipinski definition) is 3. The first-order valence-corrected chi connectivity index (χ1v) is 8.48. The van der Waals surface area contributed by atoms with Crippen molar-refractivity contribution < 1.29 is 0 Å². The van der Waals surface area contributed by atoms with Crippen LogP contribution in [0.3, 0.4) is 0 Å². The Morgan fingerprint density at radius 2 is 1.53 bits per heavy atom. The third-order valence-electron chi connectivity index (χ3n) is 5.00. The van der Waals surface area contributed by atoms with E-state index < -0.39 is 0 Å². The summed E-state index contributed by atoms with van der Waals surface area (Å²) in [6.45, 7) is 9.94. The summed E-state index contributed by atoms with van der Waals surface area (Å²) in [4.78, 5) is 5.31. The molecule has 0 bridgehead atoms. The number of nitrogens with zero attached hydrogens (tertiary/aromatic N) is 2. The fourth-order valence-electron chi connectivity index (χ4n) is 3.60. The van der Waals surface area contributed by atoms with Gasteiger partial charge in [0.1, 0.15) is 0 Å². The average molecular weight is 267 g/mol. The second-order valence-electron chi connectivity index (χ2n) is 6.61. The molecule has 0 saturated carbocycles. The molecule has 0 spiro atoms. The predicted octanol–water partition coefficient (Wildman–Crippen LogP) is 2.31. The Labute approximate surface area is 119 Å². The normalized spacial score (nSPS) is 28.4. The first-order valence-electron chi connectivity index (χ1n) is 8.48. The van der Waals surface area contributed by atoms with Gasteiger partial charge >= 0.3 is 0 Å². The molecule has 2 aliphatic rings. The van der Waals surface area contributed by atoms with Crippen molar-refractivity contribution in [2.24, 2.45) is 11.7 Å². The molecule has 0 aliphatic carbocycles. The van der Waals surface area contributed by atoms with Crippen LogP contribution >= 0.6 is 0 Å². The van der Waals surface area contributed by atoms with Gasteiger partial charge in [0, 0.05) is 19.1 Å². The molecule has 19 heavy (non-hydrogen) atoms. The molecule has 0 radical (unpaired) electrons. The van der Waals surface area contributed by atoms with Gasteiger partial charge in [-0.3, -0.25) is 0 Å². The Kier molecular flexibility index (Phi) is 6.62. The number of piperidine rings is 1. The van der Waals surface area contributed by atoms with Crippen LogP contribution in [-0.4, -0.2) is 55.1 Å². The van der Waals surface area contributed by atoms with E-state index in [0.29, 0.717) is 6.04 Å². The first kappa shape index (κ1) is 15.3. The lowest BCUT2D eigenvalue weighted by Crippen LogP contribution is -2.43. The largest absolute Gasteiger partial charge is 0.328 e. The number of nitrogens with two attached hydrogens (primary N) is 1. The van der Waals surface area contributed by atoms with Crippen molar-refractivity contribution in [3.63, 3.8) is 0 Å². The molecular weight excluding hydrogens is 234 g/mol. The van der Waals surface area contributed by atoms with Crippen LogP contribution in [0.25, 0.3) is 0 Å². The Balaban J connectivity index is 1.63. The van der Waals surface area contributed by atoms with Gasteiger partial charge in [0.05, 0.1) is 0 Å². The van der Waals surface area contributed by atoms with Crippen LogP contribution in [0.4, 0.5) is 0 Å². The van der Waals surface area contributed by atoms with E-state index in [0.717, 1.165) is 5.92 Å². The summed E-state index contributed by atoms with van der Waals surface area (Å²) in [5.41, 5.74) is 5.96. The van der Waals surface area contributed by atoms with E-state index in [1.54, 1.807) is 0 Å². The minimum absolute atomic E-state index is 0.462. The zero-order chi connectivity index (χ0) is 13.5. The van der Waals surface area contributed by atoms with E-state index in [1.807, 2.05) is 0 Å². The molecule has 2 fully saturated rings. The van der Waals surface area contributed by atoms with Crippen LogP contribution in [0.1, 0.15) is 51.9 Å². The van der Waals surface area contributed by atoms with Crippen LogP contribution < -0.4 is 5.73 Å². The quantitative estimate of drug-likeness (QED) is 0.830. The monoisotopic (exact) mass is 267 g/mol. The van der Waals surface area contributed by atoms with E-state index in [9.17, 15) is 0 Å². The number of likely N-dealkylation sites (tertiary alicyclic amines) is 2. The summed E-state index contributed by atoms with van der Waals surface area (Å²) >= 11 is 0. The van der Waals surface area contributed by atoms with E-state index in [4.69, 9.17) is 5.73 Å². The van der Waals surface area contributed by atoms with Crippen molar-refractivity contribution in [1.82, 2.24) is 9.80 Å². The van der Waals surface area contributed by atoms with E-state index in [2.05, 4.69) is 16.7 Å². The molecule has 2 aliphatic heterocycles. The van der Waals surface area contributed by atoms with Crippen LogP contribution in [0, 0.1) is 5.92 Å². The van der Waals surface area contributed by atoms with Gasteiger partial charge in [-0.05, 0) is 64.2 Å². The van der Waals surface area contributed by atoms with Gasteiger partial charge in [-0.2, -0.15) is 0 Å². The van der Waals surface area contributed by atoms with Gasteiger partial charge in [0.2, 0.25) is 0 Å². The second kappa shape index (κ2) is 8.23. The Morgan fingerprint density at radius 1 is 0.895 bits per heavy atom. The number of hydrogen-bond donors (Lipinski definition) is 1. The lowest BCUT2D eigenvalue weighted by Gasteiger charge is -2.32. The molecular formula is C16H33N3. The highest BCUT2D eigenvalue weighted by Gasteiger charge is 2.19. The van der Waals surface area contributed by atoms with Crippen molar-refractivity contribution in [2.75, 3.05) is 39.3 Å². The molecule has 0 aromatic rings. The molecule has 1 unspecified atom stereocenters. The smallest absolute Gasteiger partial charge is 0.0109 e. The molecule has 3 nitrogen and oxygen atoms in total. The summed E-state index contributed by atoms with van der Waals surface area (Å²) in [6, 6.07) is 0.462. The van der Waals surface area contributed by atoms with Crippen molar-refractivity contribution in [3.8, 4) is 0 Å². The van der Waals surface area contributed by atoms with E-state index >= 15 is 0 Å². The molecule has 2 saturated heterocycles. The maximum atomic E-state index is 5.96. The maximum absolute atomic E-state index is 5.96. The minimum Gasteiger partial charge on any atom is -0.328 e. The summed E-state index contributed by atoms with van der Waals surface area (Å²) in [6.07, 6.45) is 9.49. The molecule has 2 rings (SSSR count). The fraction of sp³-hybridized carbons (Fsp3) is 1.00. The first-order chi connectivity index (χ1) is 9.28. The molecule has 2 heterocycles. The molecule has 0 aromatic heterocycles. The lowest BCUT2D eigenvalue weighted by molar-refractivity contribution is 0.174. The zero-order valence-corrected chi connectivity index (χ0v) is 12.8. The van der Waals surface area contributed by atoms with Crippen LogP contribution in [0.15, 0.2) is 0 Å². The van der Waals surface area contributed by atoms with E-state index in [1.165, 1.54) is 84.2 Å². The third kappa shape index (κ3) is 5.41. The van der Waals surface area contributed by atoms with Gasteiger partial charge in [-0.25, -0.2) is 0 Å². The predicted molar refractivity (Wildman–Crippen MR) is 82.3 cm³/mol. The van der Waals surface area contributed by atoms with Gasteiger partial charge in [-0.1, -0.05) is 19.8 Å². The maximum Gasteiger partial charge on any atom is 0.0109 e. The van der Waals surface area contributed by atoms with Gasteiger partial charge in [-0.15, -0.1) is 0 Å². The molecule has 112 valence electrons. The second-order valence-corrected chi connectivity index (χ2v) is 6.61. The van der Waals surface area contributed by atoms with Gasteiger partial charge in [0.15, 0.2) is 0 Å². The molecule has 0 aromatic carbocycles. The van der Waals surface area contributed by atoms with Crippen LogP contribution in [0.5, 0.6) is 0 Å². The topological polar surface area (TPSA) is 32.5 Å². The summed E-state index contributed by atoms with van der Waals surface area (Å²) < 4.78 is 0. The van der Waals surface area contributed by atoms with Crippen molar-refractivity contribution in [3.05, 3.63) is 0 Å². The zero-order valence-electron chi connectivity index (χ0n) is 12.8. The highest BCUT2D eigenvalue weighted by atomic mass is 15.2. The van der Waals surface area contributed by atoms with Crippen LogP contribution in [0.2, 0.25) is 0 Å².